The Morgan fingerprint density at radius 1 is 1.07 bits per heavy atom. The van der Waals surface area contributed by atoms with E-state index in [0.717, 1.165) is 6.26 Å². The van der Waals surface area contributed by atoms with E-state index in [-0.39, 0.29) is 23.2 Å². The number of hydrogen-bond donors (Lipinski definition) is 1. The number of nitrogens with zero attached hydrogens (tertiary/aromatic N) is 2. The summed E-state index contributed by atoms with van der Waals surface area (Å²) in [6, 6.07) is 17.7. The molecule has 1 N–H and O–H groups in total. The molecule has 0 saturated carbocycles. The van der Waals surface area contributed by atoms with Crippen molar-refractivity contribution in [3.8, 4) is 5.69 Å². The predicted octanol–water partition coefficient (Wildman–Crippen LogP) is 3.50. The fourth-order valence-corrected chi connectivity index (χ4v) is 3.89. The molecule has 0 saturated heterocycles. The van der Waals surface area contributed by atoms with E-state index in [1.165, 1.54) is 18.2 Å². The zero-order valence-electron chi connectivity index (χ0n) is 16.0. The van der Waals surface area contributed by atoms with Gasteiger partial charge in [0.2, 0.25) is 0 Å². The van der Waals surface area contributed by atoms with E-state index in [9.17, 15) is 17.6 Å². The van der Waals surface area contributed by atoms with Gasteiger partial charge in [-0.15, -0.1) is 0 Å². The summed E-state index contributed by atoms with van der Waals surface area (Å²) in [5.74, 6) is -0.640. The highest BCUT2D eigenvalue weighted by Gasteiger charge is 2.14. The fourth-order valence-electron chi connectivity index (χ4n) is 3.20. The SMILES string of the molecule is CS(=O)(=O)c1cccc(CNC(=O)c2cccc3c2cnn3-c2ccc(F)cc2)c1. The number of fused-ring (bicyclic) bond motifs is 1. The van der Waals surface area contributed by atoms with Gasteiger partial charge >= 0.3 is 0 Å². The van der Waals surface area contributed by atoms with E-state index in [1.54, 1.807) is 53.3 Å². The van der Waals surface area contributed by atoms with Gasteiger partial charge in [0.15, 0.2) is 9.84 Å². The van der Waals surface area contributed by atoms with Gasteiger partial charge in [-0.1, -0.05) is 18.2 Å². The minimum Gasteiger partial charge on any atom is -0.348 e. The standard InChI is InChI=1S/C22H18FN3O3S/c1-30(28,29)18-5-2-4-15(12-18)13-24-22(27)19-6-3-7-21-20(19)14-25-26(21)17-10-8-16(23)9-11-17/h2-12,14H,13H2,1H3,(H,24,27). The van der Waals surface area contributed by atoms with Gasteiger partial charge in [-0.25, -0.2) is 17.5 Å². The molecule has 4 rings (SSSR count). The van der Waals surface area contributed by atoms with Crippen molar-refractivity contribution in [1.82, 2.24) is 15.1 Å². The number of rotatable bonds is 5. The number of aromatic nitrogens is 2. The van der Waals surface area contributed by atoms with Crippen molar-refractivity contribution in [2.75, 3.05) is 6.26 Å². The van der Waals surface area contributed by atoms with E-state index < -0.39 is 9.84 Å². The first kappa shape index (κ1) is 19.8. The Balaban J connectivity index is 1.59. The van der Waals surface area contributed by atoms with E-state index in [4.69, 9.17) is 0 Å². The van der Waals surface area contributed by atoms with E-state index in [2.05, 4.69) is 10.4 Å². The van der Waals surface area contributed by atoms with Crippen molar-refractivity contribution >= 4 is 26.6 Å². The van der Waals surface area contributed by atoms with Crippen LogP contribution in [0.15, 0.2) is 77.8 Å². The average Bonchev–Trinajstić information content (AvgIpc) is 3.16. The average molecular weight is 423 g/mol. The monoisotopic (exact) mass is 423 g/mol. The highest BCUT2D eigenvalue weighted by molar-refractivity contribution is 7.90. The van der Waals surface area contributed by atoms with Crippen molar-refractivity contribution < 1.29 is 17.6 Å². The first-order valence-electron chi connectivity index (χ1n) is 9.13. The smallest absolute Gasteiger partial charge is 0.252 e. The topological polar surface area (TPSA) is 81.1 Å². The lowest BCUT2D eigenvalue weighted by molar-refractivity contribution is 0.0952. The quantitative estimate of drug-likeness (QED) is 0.533. The van der Waals surface area contributed by atoms with Crippen molar-refractivity contribution in [3.05, 3.63) is 89.9 Å². The Kier molecular flexibility index (Phi) is 5.09. The van der Waals surface area contributed by atoms with E-state index in [1.807, 2.05) is 6.07 Å². The molecule has 8 heteroatoms. The van der Waals surface area contributed by atoms with Gasteiger partial charge in [0, 0.05) is 18.2 Å². The van der Waals surface area contributed by atoms with Gasteiger partial charge in [0.25, 0.3) is 5.91 Å². The molecule has 0 unspecified atom stereocenters. The normalized spacial score (nSPS) is 11.5. The third-order valence-corrected chi connectivity index (χ3v) is 5.82. The van der Waals surface area contributed by atoms with Crippen LogP contribution in [0.1, 0.15) is 15.9 Å². The summed E-state index contributed by atoms with van der Waals surface area (Å²) in [4.78, 5) is 13.0. The summed E-state index contributed by atoms with van der Waals surface area (Å²) >= 11 is 0. The van der Waals surface area contributed by atoms with Crippen LogP contribution in [0.2, 0.25) is 0 Å². The van der Waals surface area contributed by atoms with E-state index >= 15 is 0 Å². The number of sulfone groups is 1. The number of hydrogen-bond acceptors (Lipinski definition) is 4. The maximum Gasteiger partial charge on any atom is 0.252 e. The molecule has 0 fully saturated rings. The van der Waals surface area contributed by atoms with Crippen LogP contribution in [0.5, 0.6) is 0 Å². The Labute approximate surface area is 172 Å². The van der Waals surface area contributed by atoms with Crippen LogP contribution in [0.25, 0.3) is 16.6 Å². The maximum atomic E-state index is 13.2. The van der Waals surface area contributed by atoms with Gasteiger partial charge < -0.3 is 5.32 Å². The van der Waals surface area contributed by atoms with Crippen LogP contribution < -0.4 is 5.32 Å². The zero-order valence-corrected chi connectivity index (χ0v) is 16.9. The molecular weight excluding hydrogens is 405 g/mol. The number of halogens is 1. The third-order valence-electron chi connectivity index (χ3n) is 4.71. The predicted molar refractivity (Wildman–Crippen MR) is 112 cm³/mol. The zero-order chi connectivity index (χ0) is 21.3. The number of carbonyl (C=O) groups is 1. The Morgan fingerprint density at radius 3 is 2.53 bits per heavy atom. The molecule has 0 spiro atoms. The minimum absolute atomic E-state index is 0.185. The molecule has 3 aromatic carbocycles. The van der Waals surface area contributed by atoms with Gasteiger partial charge in [0.1, 0.15) is 5.82 Å². The number of benzene rings is 3. The third kappa shape index (κ3) is 3.95. The molecule has 0 aliphatic rings. The van der Waals surface area contributed by atoms with Crippen LogP contribution >= 0.6 is 0 Å². The maximum absolute atomic E-state index is 13.2. The second-order valence-corrected chi connectivity index (χ2v) is 8.89. The number of nitrogens with one attached hydrogen (secondary N) is 1. The summed E-state index contributed by atoms with van der Waals surface area (Å²) in [5, 5.41) is 7.82. The molecule has 0 aliphatic carbocycles. The van der Waals surface area contributed by atoms with Gasteiger partial charge in [-0.2, -0.15) is 5.10 Å². The fraction of sp³-hybridized carbons (Fsp3) is 0.0909. The van der Waals surface area contributed by atoms with E-state index in [0.29, 0.717) is 27.7 Å². The van der Waals surface area contributed by atoms with Crippen molar-refractivity contribution in [1.29, 1.82) is 0 Å². The highest BCUT2D eigenvalue weighted by Crippen LogP contribution is 2.22. The molecular formula is C22H18FN3O3S. The van der Waals surface area contributed by atoms with Crippen LogP contribution in [0.3, 0.4) is 0 Å². The number of amides is 1. The van der Waals surface area contributed by atoms with Gasteiger partial charge in [-0.3, -0.25) is 4.79 Å². The Morgan fingerprint density at radius 2 is 1.80 bits per heavy atom. The second kappa shape index (κ2) is 7.72. The molecule has 1 aromatic heterocycles. The van der Waals surface area contributed by atoms with Gasteiger partial charge in [-0.05, 0) is 54.1 Å². The van der Waals surface area contributed by atoms with Crippen LogP contribution in [0, 0.1) is 5.82 Å². The molecule has 6 nitrogen and oxygen atoms in total. The first-order chi connectivity index (χ1) is 14.3. The van der Waals surface area contributed by atoms with Crippen LogP contribution in [-0.4, -0.2) is 30.4 Å². The molecule has 0 aliphatic heterocycles. The molecule has 1 amide bonds. The van der Waals surface area contributed by atoms with Crippen LogP contribution in [-0.2, 0) is 16.4 Å². The summed E-state index contributed by atoms with van der Waals surface area (Å²) in [7, 11) is -3.32. The summed E-state index contributed by atoms with van der Waals surface area (Å²) in [6.07, 6.45) is 2.74. The molecule has 1 heterocycles. The summed E-state index contributed by atoms with van der Waals surface area (Å²) in [6.45, 7) is 0.185. The molecule has 0 bridgehead atoms. The largest absolute Gasteiger partial charge is 0.348 e. The Hall–Kier alpha value is -3.52. The molecule has 152 valence electrons. The lowest BCUT2D eigenvalue weighted by Crippen LogP contribution is -2.23. The summed E-state index contributed by atoms with van der Waals surface area (Å²) < 4.78 is 38.3. The summed E-state index contributed by atoms with van der Waals surface area (Å²) in [5.41, 5.74) is 2.52. The molecule has 4 aromatic rings. The van der Waals surface area contributed by atoms with Crippen molar-refractivity contribution in [3.63, 3.8) is 0 Å². The molecule has 30 heavy (non-hydrogen) atoms. The lowest BCUT2D eigenvalue weighted by Gasteiger charge is -2.08. The second-order valence-electron chi connectivity index (χ2n) is 6.87. The lowest BCUT2D eigenvalue weighted by atomic mass is 10.1. The van der Waals surface area contributed by atoms with Crippen molar-refractivity contribution in [2.24, 2.45) is 0 Å². The minimum atomic E-state index is -3.32. The first-order valence-corrected chi connectivity index (χ1v) is 11.0. The number of carbonyl (C=O) groups excluding carboxylic acids is 1. The molecule has 0 radical (unpaired) electrons. The Bertz CT molecular complexity index is 1350. The van der Waals surface area contributed by atoms with Gasteiger partial charge in [0.05, 0.1) is 27.9 Å². The van der Waals surface area contributed by atoms with Crippen molar-refractivity contribution in [2.45, 2.75) is 11.4 Å². The highest BCUT2D eigenvalue weighted by atomic mass is 32.2. The van der Waals surface area contributed by atoms with Crippen LogP contribution in [0.4, 0.5) is 4.39 Å². The molecule has 0 atom stereocenters.